The summed E-state index contributed by atoms with van der Waals surface area (Å²) < 4.78 is 5.68. The zero-order chi connectivity index (χ0) is 23.5. The lowest BCUT2D eigenvalue weighted by atomic mass is 9.96. The van der Waals surface area contributed by atoms with Crippen LogP contribution >= 0.6 is 0 Å². The van der Waals surface area contributed by atoms with E-state index >= 15 is 0 Å². The molecule has 1 atom stereocenters. The van der Waals surface area contributed by atoms with Gasteiger partial charge in [-0.1, -0.05) is 52.8 Å². The van der Waals surface area contributed by atoms with Crippen molar-refractivity contribution in [3.8, 4) is 11.1 Å². The van der Waals surface area contributed by atoms with Crippen LogP contribution in [0.5, 0.6) is 0 Å². The first kappa shape index (κ1) is 22.3. The van der Waals surface area contributed by atoms with Gasteiger partial charge in [0.2, 0.25) is 5.89 Å². The standard InChI is InChI=1S/C26H29N5O3/c1-30-14-12-20(13-15-30)24-27-25(34-29-24)23-16-22(28-33-2)17-31(23)26(32)21-10-8-19(9-11-21)18-6-4-3-5-7-18/h3-11,20,23H,12-17H2,1-2H3/b28-22+/t23-/m0/s1. The van der Waals surface area contributed by atoms with Gasteiger partial charge in [0.15, 0.2) is 5.82 Å². The number of oxime groups is 1. The molecule has 2 saturated heterocycles. The van der Waals surface area contributed by atoms with Crippen molar-refractivity contribution in [1.82, 2.24) is 19.9 Å². The summed E-state index contributed by atoms with van der Waals surface area (Å²) in [5.41, 5.74) is 3.57. The molecule has 2 fully saturated rings. The molecule has 0 aliphatic carbocycles. The van der Waals surface area contributed by atoms with Crippen molar-refractivity contribution in [2.75, 3.05) is 33.8 Å². The van der Waals surface area contributed by atoms with Gasteiger partial charge < -0.3 is 19.2 Å². The van der Waals surface area contributed by atoms with E-state index in [-0.39, 0.29) is 17.9 Å². The first-order valence-electron chi connectivity index (χ1n) is 11.7. The summed E-state index contributed by atoms with van der Waals surface area (Å²) in [5, 5.41) is 8.39. The first-order valence-corrected chi connectivity index (χ1v) is 11.7. The summed E-state index contributed by atoms with van der Waals surface area (Å²) in [6, 6.07) is 17.4. The quantitative estimate of drug-likeness (QED) is 0.534. The number of piperidine rings is 1. The third kappa shape index (κ3) is 4.59. The summed E-state index contributed by atoms with van der Waals surface area (Å²) in [4.78, 5) is 27.3. The van der Waals surface area contributed by atoms with Gasteiger partial charge in [-0.3, -0.25) is 4.79 Å². The number of rotatable bonds is 5. The molecular formula is C26H29N5O3. The minimum atomic E-state index is -0.359. The molecule has 2 aliphatic heterocycles. The molecule has 2 aliphatic rings. The summed E-state index contributed by atoms with van der Waals surface area (Å²) in [6.45, 7) is 2.40. The Morgan fingerprint density at radius 2 is 1.76 bits per heavy atom. The summed E-state index contributed by atoms with van der Waals surface area (Å²) in [5.74, 6) is 1.39. The average Bonchev–Trinajstić information content (AvgIpc) is 3.53. The van der Waals surface area contributed by atoms with Crippen LogP contribution in [0.4, 0.5) is 0 Å². The van der Waals surface area contributed by atoms with Crippen LogP contribution < -0.4 is 0 Å². The fourth-order valence-electron chi connectivity index (χ4n) is 4.75. The Hall–Kier alpha value is -3.52. The molecule has 2 aromatic carbocycles. The first-order chi connectivity index (χ1) is 16.6. The molecule has 176 valence electrons. The highest BCUT2D eigenvalue weighted by Gasteiger charge is 2.39. The van der Waals surface area contributed by atoms with E-state index in [1.54, 1.807) is 4.90 Å². The lowest BCUT2D eigenvalue weighted by Gasteiger charge is -2.26. The van der Waals surface area contributed by atoms with E-state index in [1.165, 1.54) is 7.11 Å². The lowest BCUT2D eigenvalue weighted by Crippen LogP contribution is -2.31. The summed E-state index contributed by atoms with van der Waals surface area (Å²) in [6.07, 6.45) is 2.52. The second-order valence-corrected chi connectivity index (χ2v) is 9.00. The van der Waals surface area contributed by atoms with Crippen LogP contribution in [0.3, 0.4) is 0 Å². The van der Waals surface area contributed by atoms with Gasteiger partial charge in [0.05, 0.1) is 12.3 Å². The largest absolute Gasteiger partial charge is 0.399 e. The number of hydrogen-bond acceptors (Lipinski definition) is 7. The molecule has 3 aromatic rings. The minimum Gasteiger partial charge on any atom is -0.399 e. The van der Waals surface area contributed by atoms with Gasteiger partial charge in [-0.15, -0.1) is 0 Å². The number of aromatic nitrogens is 2. The van der Waals surface area contributed by atoms with E-state index in [1.807, 2.05) is 42.5 Å². The van der Waals surface area contributed by atoms with Gasteiger partial charge in [-0.05, 0) is 56.2 Å². The molecule has 0 bridgehead atoms. The second-order valence-electron chi connectivity index (χ2n) is 9.00. The third-order valence-corrected chi connectivity index (χ3v) is 6.70. The van der Waals surface area contributed by atoms with E-state index in [9.17, 15) is 4.79 Å². The maximum atomic E-state index is 13.5. The van der Waals surface area contributed by atoms with Crippen molar-refractivity contribution >= 4 is 11.6 Å². The molecular weight excluding hydrogens is 430 g/mol. The second kappa shape index (κ2) is 9.77. The zero-order valence-corrected chi connectivity index (χ0v) is 19.6. The molecule has 0 N–H and O–H groups in total. The summed E-state index contributed by atoms with van der Waals surface area (Å²) in [7, 11) is 3.64. The van der Waals surface area contributed by atoms with Crippen LogP contribution in [0.15, 0.2) is 64.3 Å². The van der Waals surface area contributed by atoms with E-state index in [0.29, 0.717) is 24.4 Å². The van der Waals surface area contributed by atoms with E-state index < -0.39 is 0 Å². The van der Waals surface area contributed by atoms with Crippen molar-refractivity contribution in [3.05, 3.63) is 71.9 Å². The predicted molar refractivity (Wildman–Crippen MR) is 128 cm³/mol. The van der Waals surface area contributed by atoms with Crippen LogP contribution in [-0.2, 0) is 4.84 Å². The van der Waals surface area contributed by atoms with Gasteiger partial charge >= 0.3 is 0 Å². The maximum Gasteiger partial charge on any atom is 0.254 e. The number of nitrogens with zero attached hydrogens (tertiary/aromatic N) is 5. The number of benzene rings is 2. The smallest absolute Gasteiger partial charge is 0.254 e. The summed E-state index contributed by atoms with van der Waals surface area (Å²) >= 11 is 0. The van der Waals surface area contributed by atoms with Crippen LogP contribution in [0, 0.1) is 0 Å². The molecule has 8 nitrogen and oxygen atoms in total. The van der Waals surface area contributed by atoms with Gasteiger partial charge in [0, 0.05) is 17.9 Å². The monoisotopic (exact) mass is 459 g/mol. The van der Waals surface area contributed by atoms with Crippen LogP contribution in [-0.4, -0.2) is 65.4 Å². The number of carbonyl (C=O) groups excluding carboxylic acids is 1. The molecule has 0 saturated carbocycles. The Labute approximate surface area is 199 Å². The molecule has 0 unspecified atom stereocenters. The highest BCUT2D eigenvalue weighted by atomic mass is 16.6. The van der Waals surface area contributed by atoms with E-state index in [4.69, 9.17) is 14.3 Å². The Morgan fingerprint density at radius 3 is 2.47 bits per heavy atom. The zero-order valence-electron chi connectivity index (χ0n) is 19.6. The minimum absolute atomic E-state index is 0.0926. The predicted octanol–water partition coefficient (Wildman–Crippen LogP) is 4.14. The van der Waals surface area contributed by atoms with E-state index in [0.717, 1.165) is 48.6 Å². The Balaban J connectivity index is 1.37. The molecule has 0 spiro atoms. The molecule has 1 amide bonds. The number of amides is 1. The van der Waals surface area contributed by atoms with Crippen molar-refractivity contribution in [2.45, 2.75) is 31.2 Å². The molecule has 0 radical (unpaired) electrons. The van der Waals surface area contributed by atoms with Crippen molar-refractivity contribution in [2.24, 2.45) is 5.16 Å². The fourth-order valence-corrected chi connectivity index (χ4v) is 4.75. The molecule has 1 aromatic heterocycles. The van der Waals surface area contributed by atoms with Crippen molar-refractivity contribution in [1.29, 1.82) is 0 Å². The lowest BCUT2D eigenvalue weighted by molar-refractivity contribution is 0.0713. The fraction of sp³-hybridized carbons (Fsp3) is 0.385. The highest BCUT2D eigenvalue weighted by Crippen LogP contribution is 2.33. The maximum absolute atomic E-state index is 13.5. The topological polar surface area (TPSA) is 84.1 Å². The van der Waals surface area contributed by atoms with Crippen molar-refractivity contribution in [3.63, 3.8) is 0 Å². The molecule has 5 rings (SSSR count). The number of carbonyl (C=O) groups is 1. The highest BCUT2D eigenvalue weighted by molar-refractivity contribution is 6.00. The van der Waals surface area contributed by atoms with Crippen LogP contribution in [0.25, 0.3) is 11.1 Å². The van der Waals surface area contributed by atoms with Gasteiger partial charge in [0.25, 0.3) is 5.91 Å². The van der Waals surface area contributed by atoms with Gasteiger partial charge in [0.1, 0.15) is 13.2 Å². The number of likely N-dealkylation sites (tertiary alicyclic amines) is 2. The Morgan fingerprint density at radius 1 is 1.06 bits per heavy atom. The van der Waals surface area contributed by atoms with E-state index in [2.05, 4.69) is 34.4 Å². The third-order valence-electron chi connectivity index (χ3n) is 6.70. The Bertz CT molecular complexity index is 1150. The SMILES string of the molecule is CO/N=C1\C[C@@H](c2nc(C3CCN(C)CC3)no2)N(C(=O)c2ccc(-c3ccccc3)cc2)C1. The van der Waals surface area contributed by atoms with Crippen LogP contribution in [0.2, 0.25) is 0 Å². The van der Waals surface area contributed by atoms with Gasteiger partial charge in [-0.25, -0.2) is 0 Å². The van der Waals surface area contributed by atoms with Gasteiger partial charge in [-0.2, -0.15) is 4.98 Å². The molecule has 3 heterocycles. The normalized spacial score (nSPS) is 20.7. The van der Waals surface area contributed by atoms with Crippen molar-refractivity contribution < 1.29 is 14.2 Å². The molecule has 34 heavy (non-hydrogen) atoms. The number of hydrogen-bond donors (Lipinski definition) is 0. The van der Waals surface area contributed by atoms with Crippen LogP contribution in [0.1, 0.15) is 53.3 Å². The molecule has 8 heteroatoms. The average molecular weight is 460 g/mol. The Kier molecular flexibility index (Phi) is 6.40.